The van der Waals surface area contributed by atoms with Crippen molar-refractivity contribution in [2.24, 2.45) is 0 Å². The predicted molar refractivity (Wildman–Crippen MR) is 129 cm³/mol. The van der Waals surface area contributed by atoms with Crippen LogP contribution in [-0.4, -0.2) is 52.5 Å². The summed E-state index contributed by atoms with van der Waals surface area (Å²) in [5.41, 5.74) is 3.67. The van der Waals surface area contributed by atoms with Crippen LogP contribution in [0.4, 0.5) is 0 Å². The topological polar surface area (TPSA) is 44.0 Å². The lowest BCUT2D eigenvalue weighted by Gasteiger charge is -2.20. The highest BCUT2D eigenvalue weighted by Gasteiger charge is 2.27. The number of methoxy groups -OCH3 is 3. The summed E-state index contributed by atoms with van der Waals surface area (Å²) < 4.78 is 25.4. The molecule has 174 valence electrons. The normalized spacial score (nSPS) is 15.2. The van der Waals surface area contributed by atoms with Crippen LogP contribution in [0.15, 0.2) is 36.5 Å². The lowest BCUT2D eigenvalue weighted by Crippen LogP contribution is -2.40. The smallest absolute Gasteiger partial charge is 0.213 e. The molecule has 3 heterocycles. The molecule has 0 radical (unpaired) electrons. The molecular formula is C27H33N2O4+. The maximum absolute atomic E-state index is 6.23. The fourth-order valence-electron chi connectivity index (χ4n) is 5.14. The Hall–Kier alpha value is -2.99. The van der Waals surface area contributed by atoms with Gasteiger partial charge in [-0.3, -0.25) is 0 Å². The Balaban J connectivity index is 1.46. The number of aryl methyl sites for hydroxylation is 2. The van der Waals surface area contributed by atoms with E-state index < -0.39 is 0 Å². The van der Waals surface area contributed by atoms with Gasteiger partial charge in [-0.15, -0.1) is 0 Å². The van der Waals surface area contributed by atoms with Crippen molar-refractivity contribution >= 4 is 10.8 Å². The number of hydrogen-bond donors (Lipinski definition) is 0. The molecule has 0 N–H and O–H groups in total. The average Bonchev–Trinajstić information content (AvgIpc) is 3.37. The van der Waals surface area contributed by atoms with E-state index in [1.165, 1.54) is 42.8 Å². The van der Waals surface area contributed by atoms with Crippen molar-refractivity contribution in [3.05, 3.63) is 42.1 Å². The zero-order valence-electron chi connectivity index (χ0n) is 19.9. The predicted octanol–water partition coefficient (Wildman–Crippen LogP) is 4.24. The van der Waals surface area contributed by atoms with Crippen LogP contribution in [0.5, 0.6) is 23.0 Å². The molecule has 0 saturated carbocycles. The molecule has 0 amide bonds. The average molecular weight is 450 g/mol. The van der Waals surface area contributed by atoms with Gasteiger partial charge in [0, 0.05) is 19.0 Å². The van der Waals surface area contributed by atoms with E-state index in [1.54, 1.807) is 21.3 Å². The maximum Gasteiger partial charge on any atom is 0.213 e. The van der Waals surface area contributed by atoms with Gasteiger partial charge in [0.2, 0.25) is 5.69 Å². The molecule has 0 aliphatic carbocycles. The molecule has 6 nitrogen and oxygen atoms in total. The third-order valence-electron chi connectivity index (χ3n) is 6.87. The summed E-state index contributed by atoms with van der Waals surface area (Å²) in [5, 5.41) is 2.17. The van der Waals surface area contributed by atoms with E-state index in [0.717, 1.165) is 59.7 Å². The highest BCUT2D eigenvalue weighted by Crippen LogP contribution is 2.40. The molecule has 0 atom stereocenters. The van der Waals surface area contributed by atoms with E-state index in [0.29, 0.717) is 6.61 Å². The highest BCUT2D eigenvalue weighted by atomic mass is 16.5. The molecule has 1 aromatic heterocycles. The maximum atomic E-state index is 6.23. The van der Waals surface area contributed by atoms with Crippen LogP contribution in [0, 0.1) is 0 Å². The van der Waals surface area contributed by atoms with Gasteiger partial charge in [-0.25, -0.2) is 0 Å². The van der Waals surface area contributed by atoms with Crippen LogP contribution in [0.25, 0.3) is 22.0 Å². The number of rotatable bonds is 8. The Morgan fingerprint density at radius 1 is 0.909 bits per heavy atom. The van der Waals surface area contributed by atoms with Crippen LogP contribution in [0.1, 0.15) is 24.8 Å². The summed E-state index contributed by atoms with van der Waals surface area (Å²) in [6.45, 7) is 5.14. The van der Waals surface area contributed by atoms with Crippen molar-refractivity contribution in [1.82, 2.24) is 4.90 Å². The number of hydrogen-bond acceptors (Lipinski definition) is 5. The number of likely N-dealkylation sites (tertiary alicyclic amines) is 1. The molecule has 3 aromatic rings. The Morgan fingerprint density at radius 3 is 2.48 bits per heavy atom. The molecule has 0 unspecified atom stereocenters. The van der Waals surface area contributed by atoms with Crippen molar-refractivity contribution in [3.8, 4) is 34.3 Å². The van der Waals surface area contributed by atoms with Crippen molar-refractivity contribution in [3.63, 3.8) is 0 Å². The Labute approximate surface area is 195 Å². The van der Waals surface area contributed by atoms with Gasteiger partial charge >= 0.3 is 0 Å². The van der Waals surface area contributed by atoms with E-state index in [-0.39, 0.29) is 0 Å². The van der Waals surface area contributed by atoms with Crippen molar-refractivity contribution in [2.75, 3.05) is 47.6 Å². The molecule has 0 bridgehead atoms. The minimum absolute atomic E-state index is 0.695. The van der Waals surface area contributed by atoms with Crippen LogP contribution in [-0.2, 0) is 13.0 Å². The van der Waals surface area contributed by atoms with Gasteiger partial charge in [-0.05, 0) is 67.6 Å². The third kappa shape index (κ3) is 4.20. The molecule has 5 rings (SSSR count). The first-order chi connectivity index (χ1) is 16.2. The molecule has 33 heavy (non-hydrogen) atoms. The van der Waals surface area contributed by atoms with E-state index in [9.17, 15) is 0 Å². The van der Waals surface area contributed by atoms with Crippen LogP contribution < -0.4 is 23.5 Å². The van der Waals surface area contributed by atoms with E-state index in [2.05, 4.69) is 39.9 Å². The molecule has 6 heteroatoms. The number of pyridine rings is 1. The van der Waals surface area contributed by atoms with Gasteiger partial charge in [0.15, 0.2) is 35.7 Å². The molecule has 2 aliphatic heterocycles. The minimum atomic E-state index is 0.695. The van der Waals surface area contributed by atoms with Gasteiger partial charge < -0.3 is 23.8 Å². The Kier molecular flexibility index (Phi) is 6.27. The van der Waals surface area contributed by atoms with Crippen LogP contribution >= 0.6 is 0 Å². The summed E-state index contributed by atoms with van der Waals surface area (Å²) in [5.74, 6) is 3.15. The van der Waals surface area contributed by atoms with Crippen molar-refractivity contribution in [2.45, 2.75) is 32.2 Å². The van der Waals surface area contributed by atoms with Crippen molar-refractivity contribution in [1.29, 1.82) is 0 Å². The first-order valence-corrected chi connectivity index (χ1v) is 11.9. The monoisotopic (exact) mass is 449 g/mol. The summed E-state index contributed by atoms with van der Waals surface area (Å²) in [4.78, 5) is 2.52. The fraction of sp³-hybridized carbons (Fsp3) is 0.444. The Morgan fingerprint density at radius 2 is 1.73 bits per heavy atom. The number of aromatic nitrogens is 1. The number of benzene rings is 2. The summed E-state index contributed by atoms with van der Waals surface area (Å²) in [6.07, 6.45) is 6.79. The quantitative estimate of drug-likeness (QED) is 0.380. The molecule has 2 aromatic carbocycles. The van der Waals surface area contributed by atoms with Crippen LogP contribution in [0.3, 0.4) is 0 Å². The third-order valence-corrected chi connectivity index (χ3v) is 6.87. The number of ether oxygens (including phenoxy) is 4. The standard InChI is InChI=1S/C27H33N2O4/c1-30-24-8-7-19-15-23-21-17-26(33-14-6-12-28-10-4-5-11-28)25(31-2)16-20(21)9-13-29(23)18-22(19)27(24)32-3/h7-8,15-18H,4-6,9-14H2,1-3H3/q+1. The van der Waals surface area contributed by atoms with Gasteiger partial charge in [-0.2, -0.15) is 4.57 Å². The van der Waals surface area contributed by atoms with Gasteiger partial charge in [-0.1, -0.05) is 0 Å². The largest absolute Gasteiger partial charge is 0.493 e. The molecule has 1 fully saturated rings. The zero-order valence-corrected chi connectivity index (χ0v) is 19.9. The molecule has 1 saturated heterocycles. The zero-order chi connectivity index (χ0) is 22.8. The summed E-state index contributed by atoms with van der Waals surface area (Å²) >= 11 is 0. The molecule has 0 spiro atoms. The summed E-state index contributed by atoms with van der Waals surface area (Å²) in [7, 11) is 5.08. The fourth-order valence-corrected chi connectivity index (χ4v) is 5.14. The van der Waals surface area contributed by atoms with Gasteiger partial charge in [0.05, 0.1) is 38.9 Å². The van der Waals surface area contributed by atoms with E-state index >= 15 is 0 Å². The van der Waals surface area contributed by atoms with Gasteiger partial charge in [0.1, 0.15) is 0 Å². The highest BCUT2D eigenvalue weighted by molar-refractivity contribution is 5.91. The lowest BCUT2D eigenvalue weighted by molar-refractivity contribution is -0.686. The first kappa shape index (κ1) is 21.8. The first-order valence-electron chi connectivity index (χ1n) is 11.9. The van der Waals surface area contributed by atoms with E-state index in [1.807, 2.05) is 6.07 Å². The molecule has 2 aliphatic rings. The lowest BCUT2D eigenvalue weighted by atomic mass is 9.95. The minimum Gasteiger partial charge on any atom is -0.493 e. The SMILES string of the molecule is COc1cc2c(cc1OCCCN1CCCC1)-c1cc3ccc(OC)c(OC)c3c[n+]1CC2. The Bertz CT molecular complexity index is 1150. The van der Waals surface area contributed by atoms with Crippen LogP contribution in [0.2, 0.25) is 0 Å². The second-order valence-electron chi connectivity index (χ2n) is 8.82. The number of fused-ring (bicyclic) bond motifs is 4. The summed E-state index contributed by atoms with van der Waals surface area (Å²) in [6, 6.07) is 10.6. The second-order valence-corrected chi connectivity index (χ2v) is 8.82. The van der Waals surface area contributed by atoms with Crippen molar-refractivity contribution < 1.29 is 23.5 Å². The number of nitrogens with zero attached hydrogens (tertiary/aromatic N) is 2. The van der Waals surface area contributed by atoms with E-state index in [4.69, 9.17) is 18.9 Å². The second kappa shape index (κ2) is 9.48. The van der Waals surface area contributed by atoms with Gasteiger partial charge in [0.25, 0.3) is 0 Å². The molecular weight excluding hydrogens is 416 g/mol.